The summed E-state index contributed by atoms with van der Waals surface area (Å²) >= 11 is 1.64. The maximum Gasteiger partial charge on any atom is 0.310 e. The lowest BCUT2D eigenvalue weighted by atomic mass is 9.94. The average molecular weight is 288 g/mol. The molecular formula is C14H12N2O3S. The molecule has 2 aromatic rings. The summed E-state index contributed by atoms with van der Waals surface area (Å²) in [5.41, 5.74) is 0.793. The van der Waals surface area contributed by atoms with Crippen molar-refractivity contribution in [1.29, 1.82) is 0 Å². The second-order valence-corrected chi connectivity index (χ2v) is 5.53. The van der Waals surface area contributed by atoms with Crippen molar-refractivity contribution in [3.05, 3.63) is 52.3 Å². The summed E-state index contributed by atoms with van der Waals surface area (Å²) in [6.45, 7) is 0. The van der Waals surface area contributed by atoms with Gasteiger partial charge < -0.3 is 9.63 Å². The number of rotatable bonds is 4. The van der Waals surface area contributed by atoms with Crippen LogP contribution in [0.2, 0.25) is 0 Å². The van der Waals surface area contributed by atoms with Crippen LogP contribution < -0.4 is 0 Å². The molecule has 1 aliphatic carbocycles. The fraction of sp³-hybridized carbons (Fsp3) is 0.214. The third kappa shape index (κ3) is 2.70. The maximum absolute atomic E-state index is 11.0. The second-order valence-electron chi connectivity index (χ2n) is 4.49. The Morgan fingerprint density at radius 1 is 1.55 bits per heavy atom. The Labute approximate surface area is 119 Å². The van der Waals surface area contributed by atoms with E-state index in [-0.39, 0.29) is 0 Å². The number of nitrogens with zero attached hydrogens (tertiary/aromatic N) is 2. The summed E-state index contributed by atoms with van der Waals surface area (Å²) in [7, 11) is 0. The van der Waals surface area contributed by atoms with Crippen LogP contribution in [0.25, 0.3) is 5.57 Å². The Kier molecular flexibility index (Phi) is 3.47. The zero-order valence-corrected chi connectivity index (χ0v) is 11.3. The van der Waals surface area contributed by atoms with Crippen LogP contribution in [0.15, 0.2) is 40.3 Å². The van der Waals surface area contributed by atoms with Crippen molar-refractivity contribution in [2.24, 2.45) is 5.92 Å². The average Bonchev–Trinajstić information content (AvgIpc) is 3.11. The minimum Gasteiger partial charge on any atom is -0.481 e. The van der Waals surface area contributed by atoms with Crippen molar-refractivity contribution in [1.82, 2.24) is 10.1 Å². The van der Waals surface area contributed by atoms with E-state index in [2.05, 4.69) is 10.1 Å². The van der Waals surface area contributed by atoms with Crippen LogP contribution in [0.5, 0.6) is 0 Å². The first-order valence-electron chi connectivity index (χ1n) is 6.18. The Hall–Kier alpha value is -2.21. The molecule has 0 bridgehead atoms. The Balaban J connectivity index is 1.75. The lowest BCUT2D eigenvalue weighted by Crippen LogP contribution is -2.13. The molecule has 2 heterocycles. The molecule has 2 aromatic heterocycles. The van der Waals surface area contributed by atoms with Gasteiger partial charge in [-0.2, -0.15) is 4.98 Å². The standard InChI is InChI=1S/C14H12N2O3S/c17-14(18)10-4-1-3-9(7-10)13-15-12(19-16-13)8-11-5-2-6-20-11/h1-6,10H,7-8H2,(H,17,18)/t10-/m0/s1. The SMILES string of the molecule is O=C(O)[C@H]1C=CC=C(c2noc(Cc3cccs3)n2)C1. The van der Waals surface area contributed by atoms with E-state index in [0.717, 1.165) is 10.5 Å². The summed E-state index contributed by atoms with van der Waals surface area (Å²) in [6, 6.07) is 3.99. The van der Waals surface area contributed by atoms with Crippen LogP contribution in [-0.4, -0.2) is 21.2 Å². The van der Waals surface area contributed by atoms with E-state index in [9.17, 15) is 4.79 Å². The molecule has 0 unspecified atom stereocenters. The van der Waals surface area contributed by atoms with Gasteiger partial charge in [-0.05, 0) is 17.9 Å². The summed E-state index contributed by atoms with van der Waals surface area (Å²) in [4.78, 5) is 16.5. The number of hydrogen-bond acceptors (Lipinski definition) is 5. The van der Waals surface area contributed by atoms with Crippen LogP contribution in [0.1, 0.15) is 23.0 Å². The highest BCUT2D eigenvalue weighted by Crippen LogP contribution is 2.26. The number of carboxylic acid groups (broad SMARTS) is 1. The molecule has 0 aliphatic heterocycles. The minimum atomic E-state index is -0.839. The van der Waals surface area contributed by atoms with E-state index in [4.69, 9.17) is 9.63 Å². The number of hydrogen-bond donors (Lipinski definition) is 1. The molecule has 1 atom stereocenters. The maximum atomic E-state index is 11.0. The van der Waals surface area contributed by atoms with Gasteiger partial charge in [0.05, 0.1) is 12.3 Å². The lowest BCUT2D eigenvalue weighted by molar-refractivity contribution is -0.139. The zero-order chi connectivity index (χ0) is 13.9. The molecule has 1 aliphatic rings. The van der Waals surface area contributed by atoms with Crippen molar-refractivity contribution in [3.8, 4) is 0 Å². The van der Waals surface area contributed by atoms with Crippen molar-refractivity contribution in [2.45, 2.75) is 12.8 Å². The van der Waals surface area contributed by atoms with E-state index < -0.39 is 11.9 Å². The number of aromatic nitrogens is 2. The van der Waals surface area contributed by atoms with Gasteiger partial charge in [-0.15, -0.1) is 11.3 Å². The Morgan fingerprint density at radius 2 is 2.45 bits per heavy atom. The van der Waals surface area contributed by atoms with Gasteiger partial charge in [-0.3, -0.25) is 4.79 Å². The first-order valence-corrected chi connectivity index (χ1v) is 7.06. The number of allylic oxidation sites excluding steroid dienone is 3. The molecule has 0 amide bonds. The van der Waals surface area contributed by atoms with Crippen molar-refractivity contribution in [3.63, 3.8) is 0 Å². The molecule has 5 nitrogen and oxygen atoms in total. The Bertz CT molecular complexity index is 670. The summed E-state index contributed by atoms with van der Waals surface area (Å²) in [6.07, 6.45) is 6.23. The summed E-state index contributed by atoms with van der Waals surface area (Å²) in [5.74, 6) is -0.333. The van der Waals surface area contributed by atoms with Gasteiger partial charge in [0, 0.05) is 10.5 Å². The van der Waals surface area contributed by atoms with Gasteiger partial charge in [0.1, 0.15) is 0 Å². The van der Waals surface area contributed by atoms with Gasteiger partial charge in [0.2, 0.25) is 5.89 Å². The van der Waals surface area contributed by atoms with Crippen LogP contribution in [0.4, 0.5) is 0 Å². The highest BCUT2D eigenvalue weighted by Gasteiger charge is 2.22. The van der Waals surface area contributed by atoms with E-state index in [1.807, 2.05) is 23.6 Å². The topological polar surface area (TPSA) is 76.2 Å². The molecule has 1 N–H and O–H groups in total. The van der Waals surface area contributed by atoms with Gasteiger partial charge >= 0.3 is 5.97 Å². The van der Waals surface area contributed by atoms with E-state index in [0.29, 0.717) is 24.6 Å². The largest absolute Gasteiger partial charge is 0.481 e. The predicted octanol–water partition coefficient (Wildman–Crippen LogP) is 2.77. The summed E-state index contributed by atoms with van der Waals surface area (Å²) in [5, 5.41) is 15.0. The van der Waals surface area contributed by atoms with E-state index in [1.165, 1.54) is 0 Å². The van der Waals surface area contributed by atoms with Crippen LogP contribution in [-0.2, 0) is 11.2 Å². The molecule has 0 aromatic carbocycles. The van der Waals surface area contributed by atoms with Crippen LogP contribution >= 0.6 is 11.3 Å². The van der Waals surface area contributed by atoms with E-state index in [1.54, 1.807) is 23.5 Å². The molecule has 0 spiro atoms. The molecule has 6 heteroatoms. The van der Waals surface area contributed by atoms with Gasteiger partial charge in [-0.1, -0.05) is 29.5 Å². The highest BCUT2D eigenvalue weighted by atomic mass is 32.1. The minimum absolute atomic E-state index is 0.393. The smallest absolute Gasteiger partial charge is 0.310 e. The van der Waals surface area contributed by atoms with Crippen molar-refractivity contribution >= 4 is 22.9 Å². The monoisotopic (exact) mass is 288 g/mol. The van der Waals surface area contributed by atoms with Gasteiger partial charge in [0.25, 0.3) is 0 Å². The molecular weight excluding hydrogens is 276 g/mol. The fourth-order valence-corrected chi connectivity index (χ4v) is 2.73. The first kappa shape index (κ1) is 12.8. The molecule has 102 valence electrons. The van der Waals surface area contributed by atoms with Gasteiger partial charge in [0.15, 0.2) is 5.82 Å². The summed E-state index contributed by atoms with van der Waals surface area (Å²) < 4.78 is 5.22. The number of aliphatic carboxylic acids is 1. The number of thiophene rings is 1. The fourth-order valence-electron chi connectivity index (χ4n) is 2.03. The predicted molar refractivity (Wildman–Crippen MR) is 74.3 cm³/mol. The quantitative estimate of drug-likeness (QED) is 0.936. The molecule has 3 rings (SSSR count). The molecule has 0 fully saturated rings. The van der Waals surface area contributed by atoms with Crippen molar-refractivity contribution in [2.75, 3.05) is 0 Å². The first-order chi connectivity index (χ1) is 9.72. The molecule has 0 radical (unpaired) electrons. The van der Waals surface area contributed by atoms with Crippen molar-refractivity contribution < 1.29 is 14.4 Å². The van der Waals surface area contributed by atoms with Crippen LogP contribution in [0.3, 0.4) is 0 Å². The number of carboxylic acids is 1. The molecule has 20 heavy (non-hydrogen) atoms. The normalized spacial score (nSPS) is 18.0. The van der Waals surface area contributed by atoms with E-state index >= 15 is 0 Å². The zero-order valence-electron chi connectivity index (χ0n) is 10.5. The highest BCUT2D eigenvalue weighted by molar-refractivity contribution is 7.09. The third-order valence-corrected chi connectivity index (χ3v) is 3.94. The van der Waals surface area contributed by atoms with Crippen LogP contribution in [0, 0.1) is 5.92 Å². The number of carbonyl (C=O) groups is 1. The molecule has 0 saturated carbocycles. The lowest BCUT2D eigenvalue weighted by Gasteiger charge is -2.11. The molecule has 0 saturated heterocycles. The second kappa shape index (κ2) is 5.42. The Morgan fingerprint density at radius 3 is 3.20 bits per heavy atom. The van der Waals surface area contributed by atoms with Gasteiger partial charge in [-0.25, -0.2) is 0 Å². The third-order valence-electron chi connectivity index (χ3n) is 3.06.